The smallest absolute Gasteiger partial charge is 0.219 e. The fourth-order valence-electron chi connectivity index (χ4n) is 3.37. The fraction of sp³-hybridized carbons (Fsp3) is 0.667. The third-order valence-electron chi connectivity index (χ3n) is 5.10. The second kappa shape index (κ2) is 11.4. The van der Waals surface area contributed by atoms with Crippen LogP contribution in [0.25, 0.3) is 0 Å². The van der Waals surface area contributed by atoms with Crippen molar-refractivity contribution in [2.24, 2.45) is 0 Å². The molecule has 0 atom stereocenters. The van der Waals surface area contributed by atoms with E-state index in [0.717, 1.165) is 38.5 Å². The summed E-state index contributed by atoms with van der Waals surface area (Å²) in [5, 5.41) is 2.94. The molecule has 1 fully saturated rings. The van der Waals surface area contributed by atoms with Crippen molar-refractivity contribution in [3.05, 3.63) is 35.4 Å². The van der Waals surface area contributed by atoms with Gasteiger partial charge in [0.25, 0.3) is 0 Å². The van der Waals surface area contributed by atoms with Crippen LogP contribution in [-0.4, -0.2) is 44.0 Å². The van der Waals surface area contributed by atoms with Crippen molar-refractivity contribution in [3.8, 4) is 0 Å². The van der Waals surface area contributed by atoms with Crippen molar-refractivity contribution in [3.63, 3.8) is 0 Å². The van der Waals surface area contributed by atoms with Crippen LogP contribution < -0.4 is 5.32 Å². The summed E-state index contributed by atoms with van der Waals surface area (Å²) in [4.78, 5) is 11.9. The summed E-state index contributed by atoms with van der Waals surface area (Å²) in [5.41, 5.74) is 2.61. The number of carbonyl (C=O) groups excluding carboxylic acids is 1. The van der Waals surface area contributed by atoms with E-state index in [2.05, 4.69) is 36.5 Å². The van der Waals surface area contributed by atoms with E-state index in [0.29, 0.717) is 38.9 Å². The number of piperidine rings is 1. The van der Waals surface area contributed by atoms with E-state index in [1.165, 1.54) is 11.1 Å². The fourth-order valence-corrected chi connectivity index (χ4v) is 5.01. The Morgan fingerprint density at radius 3 is 2.41 bits per heavy atom. The minimum absolute atomic E-state index is 0.0284. The molecule has 5 nitrogen and oxygen atoms in total. The Labute approximate surface area is 164 Å². The second-order valence-corrected chi connectivity index (χ2v) is 9.61. The highest BCUT2D eigenvalue weighted by Crippen LogP contribution is 2.14. The predicted molar refractivity (Wildman–Crippen MR) is 110 cm³/mol. The predicted octanol–water partition coefficient (Wildman–Crippen LogP) is 3.42. The molecule has 0 aromatic heterocycles. The van der Waals surface area contributed by atoms with Crippen LogP contribution in [0.1, 0.15) is 62.5 Å². The van der Waals surface area contributed by atoms with Gasteiger partial charge in [-0.05, 0) is 57.4 Å². The van der Waals surface area contributed by atoms with Crippen molar-refractivity contribution in [1.29, 1.82) is 0 Å². The highest BCUT2D eigenvalue weighted by molar-refractivity contribution is 7.89. The third kappa shape index (κ3) is 8.43. The van der Waals surface area contributed by atoms with Gasteiger partial charge in [0, 0.05) is 26.1 Å². The Morgan fingerprint density at radius 1 is 1.00 bits per heavy atom. The van der Waals surface area contributed by atoms with Gasteiger partial charge in [0.05, 0.1) is 5.75 Å². The average molecular weight is 395 g/mol. The first-order valence-electron chi connectivity index (χ1n) is 10.3. The maximum absolute atomic E-state index is 12.2. The molecule has 0 bridgehead atoms. The molecular weight excluding hydrogens is 360 g/mol. The van der Waals surface area contributed by atoms with Crippen LogP contribution in [0.15, 0.2) is 24.3 Å². The number of rotatable bonds is 11. The molecule has 1 aliphatic rings. The first-order valence-corrected chi connectivity index (χ1v) is 11.9. The van der Waals surface area contributed by atoms with Gasteiger partial charge in [0.15, 0.2) is 0 Å². The van der Waals surface area contributed by atoms with E-state index in [1.807, 2.05) is 0 Å². The minimum Gasteiger partial charge on any atom is -0.356 e. The van der Waals surface area contributed by atoms with Crippen molar-refractivity contribution >= 4 is 15.9 Å². The van der Waals surface area contributed by atoms with Gasteiger partial charge in [-0.2, -0.15) is 0 Å². The number of aryl methyl sites for hydroxylation is 2. The summed E-state index contributed by atoms with van der Waals surface area (Å²) in [5.74, 6) is 0.192. The quantitative estimate of drug-likeness (QED) is 0.585. The summed E-state index contributed by atoms with van der Waals surface area (Å²) in [6.07, 6.45) is 7.69. The Morgan fingerprint density at radius 2 is 1.70 bits per heavy atom. The van der Waals surface area contributed by atoms with Crippen LogP contribution in [0.4, 0.5) is 0 Å². The number of carbonyl (C=O) groups is 1. The molecule has 0 spiro atoms. The molecule has 1 saturated heterocycles. The Bertz CT molecular complexity index is 665. The second-order valence-electron chi connectivity index (χ2n) is 7.53. The normalized spacial score (nSPS) is 15.6. The molecule has 152 valence electrons. The molecule has 1 heterocycles. The summed E-state index contributed by atoms with van der Waals surface area (Å²) in [6, 6.07) is 8.57. The SMILES string of the molecule is Cc1ccc(CCCCNC(=O)CCCCS(=O)(=O)N2CCCCC2)cc1. The van der Waals surface area contributed by atoms with Gasteiger partial charge in [-0.25, -0.2) is 12.7 Å². The zero-order valence-electron chi connectivity index (χ0n) is 16.6. The van der Waals surface area contributed by atoms with Gasteiger partial charge >= 0.3 is 0 Å². The highest BCUT2D eigenvalue weighted by atomic mass is 32.2. The largest absolute Gasteiger partial charge is 0.356 e. The van der Waals surface area contributed by atoms with Crippen LogP contribution in [0, 0.1) is 6.92 Å². The molecular formula is C21H34N2O3S. The minimum atomic E-state index is -3.13. The standard InChI is InChI=1S/C21H34N2O3S/c1-19-11-13-20(14-12-19)9-3-5-15-22-21(24)10-4-8-18-27(25,26)23-16-6-2-7-17-23/h11-14H,2-10,15-18H2,1H3,(H,22,24). The van der Waals surface area contributed by atoms with Crippen LogP contribution in [0.3, 0.4) is 0 Å². The maximum Gasteiger partial charge on any atom is 0.219 e. The van der Waals surface area contributed by atoms with E-state index in [-0.39, 0.29) is 11.7 Å². The van der Waals surface area contributed by atoms with Crippen molar-refractivity contribution in [2.45, 2.75) is 64.7 Å². The molecule has 1 amide bonds. The number of benzene rings is 1. The Hall–Kier alpha value is -1.40. The topological polar surface area (TPSA) is 66.5 Å². The summed E-state index contributed by atoms with van der Waals surface area (Å²) in [6.45, 7) is 4.09. The van der Waals surface area contributed by atoms with Crippen LogP contribution in [0.2, 0.25) is 0 Å². The molecule has 0 saturated carbocycles. The molecule has 1 N–H and O–H groups in total. The first-order chi connectivity index (χ1) is 13.0. The van der Waals surface area contributed by atoms with E-state index in [1.54, 1.807) is 4.31 Å². The van der Waals surface area contributed by atoms with E-state index in [4.69, 9.17) is 0 Å². The van der Waals surface area contributed by atoms with Gasteiger partial charge in [0.2, 0.25) is 15.9 Å². The number of nitrogens with one attached hydrogen (secondary N) is 1. The first kappa shape index (κ1) is 21.9. The number of hydrogen-bond acceptors (Lipinski definition) is 3. The number of nitrogens with zero attached hydrogens (tertiary/aromatic N) is 1. The lowest BCUT2D eigenvalue weighted by Gasteiger charge is -2.25. The third-order valence-corrected chi connectivity index (χ3v) is 7.06. The Kier molecular flexibility index (Phi) is 9.28. The molecule has 1 aliphatic heterocycles. The molecule has 1 aromatic carbocycles. The number of sulfonamides is 1. The van der Waals surface area contributed by atoms with Gasteiger partial charge in [-0.1, -0.05) is 36.2 Å². The van der Waals surface area contributed by atoms with Crippen LogP contribution in [0.5, 0.6) is 0 Å². The lowest BCUT2D eigenvalue weighted by molar-refractivity contribution is -0.121. The molecule has 6 heteroatoms. The number of amides is 1. The number of unbranched alkanes of at least 4 members (excludes halogenated alkanes) is 2. The average Bonchev–Trinajstić information content (AvgIpc) is 2.67. The van der Waals surface area contributed by atoms with Gasteiger partial charge in [-0.3, -0.25) is 4.79 Å². The van der Waals surface area contributed by atoms with Gasteiger partial charge in [-0.15, -0.1) is 0 Å². The van der Waals surface area contributed by atoms with Crippen LogP contribution >= 0.6 is 0 Å². The van der Waals surface area contributed by atoms with E-state index in [9.17, 15) is 13.2 Å². The molecule has 0 aliphatic carbocycles. The van der Waals surface area contributed by atoms with Crippen molar-refractivity contribution < 1.29 is 13.2 Å². The monoisotopic (exact) mass is 394 g/mol. The molecule has 0 radical (unpaired) electrons. The lowest BCUT2D eigenvalue weighted by Crippen LogP contribution is -2.37. The molecule has 2 rings (SSSR count). The van der Waals surface area contributed by atoms with Gasteiger partial charge in [0.1, 0.15) is 0 Å². The zero-order chi connectivity index (χ0) is 19.5. The molecule has 1 aromatic rings. The van der Waals surface area contributed by atoms with Crippen molar-refractivity contribution in [1.82, 2.24) is 9.62 Å². The zero-order valence-corrected chi connectivity index (χ0v) is 17.4. The maximum atomic E-state index is 12.2. The molecule has 0 unspecified atom stereocenters. The summed E-state index contributed by atoms with van der Waals surface area (Å²) in [7, 11) is -3.13. The lowest BCUT2D eigenvalue weighted by atomic mass is 10.1. The summed E-state index contributed by atoms with van der Waals surface area (Å²) < 4.78 is 26.1. The Balaban J connectivity index is 1.50. The molecule has 27 heavy (non-hydrogen) atoms. The van der Waals surface area contributed by atoms with E-state index < -0.39 is 10.0 Å². The highest BCUT2D eigenvalue weighted by Gasteiger charge is 2.23. The number of hydrogen-bond donors (Lipinski definition) is 1. The van der Waals surface area contributed by atoms with E-state index >= 15 is 0 Å². The van der Waals surface area contributed by atoms with Crippen molar-refractivity contribution in [2.75, 3.05) is 25.4 Å². The van der Waals surface area contributed by atoms with Crippen LogP contribution in [-0.2, 0) is 21.2 Å². The summed E-state index contributed by atoms with van der Waals surface area (Å²) >= 11 is 0. The van der Waals surface area contributed by atoms with Gasteiger partial charge < -0.3 is 5.32 Å².